The van der Waals surface area contributed by atoms with Crippen molar-refractivity contribution in [3.05, 3.63) is 93.9 Å². The van der Waals surface area contributed by atoms with Crippen molar-refractivity contribution < 1.29 is 9.47 Å². The van der Waals surface area contributed by atoms with Gasteiger partial charge in [0.1, 0.15) is 23.9 Å². The van der Waals surface area contributed by atoms with E-state index in [1.807, 2.05) is 55.5 Å². The summed E-state index contributed by atoms with van der Waals surface area (Å²) in [4.78, 5) is 27.0. The van der Waals surface area contributed by atoms with Crippen LogP contribution in [0.15, 0.2) is 65.7 Å². The molecule has 3 heterocycles. The summed E-state index contributed by atoms with van der Waals surface area (Å²) in [6.45, 7) is 10.2. The molecule has 0 aliphatic carbocycles. The largest absolute Gasteiger partial charge is 0.497 e. The highest BCUT2D eigenvalue weighted by atomic mass is 16.5. The van der Waals surface area contributed by atoms with Crippen LogP contribution in [0.5, 0.6) is 11.5 Å². The zero-order chi connectivity index (χ0) is 25.2. The van der Waals surface area contributed by atoms with Gasteiger partial charge >= 0.3 is 0 Å². The summed E-state index contributed by atoms with van der Waals surface area (Å²) in [7, 11) is 1.63. The first-order chi connectivity index (χ1) is 16.7. The molecular formula is C28H30N4O3. The summed E-state index contributed by atoms with van der Waals surface area (Å²) in [5.41, 5.74) is 4.05. The minimum Gasteiger partial charge on any atom is -0.497 e. The number of aromatic nitrogens is 4. The number of methoxy groups -OCH3 is 1. The number of hydrogen-bond acceptors (Lipinski definition) is 6. The van der Waals surface area contributed by atoms with E-state index in [-0.39, 0.29) is 11.0 Å². The predicted octanol–water partition coefficient (Wildman–Crippen LogP) is 5.19. The third-order valence-electron chi connectivity index (χ3n) is 5.71. The minimum absolute atomic E-state index is 0.138. The van der Waals surface area contributed by atoms with Crippen molar-refractivity contribution in [2.24, 2.45) is 0 Å². The zero-order valence-corrected chi connectivity index (χ0v) is 21.0. The first kappa shape index (κ1) is 24.1. The summed E-state index contributed by atoms with van der Waals surface area (Å²) < 4.78 is 13.0. The van der Waals surface area contributed by atoms with Crippen LogP contribution in [-0.2, 0) is 12.0 Å². The maximum absolute atomic E-state index is 13.4. The van der Waals surface area contributed by atoms with Crippen LogP contribution in [-0.4, -0.2) is 26.6 Å². The van der Waals surface area contributed by atoms with Crippen LogP contribution in [0.3, 0.4) is 0 Å². The highest BCUT2D eigenvalue weighted by molar-refractivity contribution is 5.57. The number of aryl methyl sites for hydroxylation is 1. The van der Waals surface area contributed by atoms with Gasteiger partial charge in [0.25, 0.3) is 5.56 Å². The molecule has 0 spiro atoms. The van der Waals surface area contributed by atoms with Gasteiger partial charge in [0, 0.05) is 29.6 Å². The fraction of sp³-hybridized carbons (Fsp3) is 0.286. The van der Waals surface area contributed by atoms with E-state index in [1.165, 1.54) is 0 Å². The Labute approximate surface area is 205 Å². The Bertz CT molecular complexity index is 1420. The smallest absolute Gasteiger partial charge is 0.261 e. The normalized spacial score (nSPS) is 11.4. The van der Waals surface area contributed by atoms with Crippen molar-refractivity contribution in [1.82, 2.24) is 19.5 Å². The molecule has 0 unspecified atom stereocenters. The summed E-state index contributed by atoms with van der Waals surface area (Å²) >= 11 is 0. The van der Waals surface area contributed by atoms with Crippen LogP contribution in [0.1, 0.15) is 43.4 Å². The fourth-order valence-electron chi connectivity index (χ4n) is 3.75. The summed E-state index contributed by atoms with van der Waals surface area (Å²) in [5, 5.41) is 0. The van der Waals surface area contributed by atoms with Crippen molar-refractivity contribution in [2.75, 3.05) is 7.11 Å². The molecule has 35 heavy (non-hydrogen) atoms. The molecule has 7 heteroatoms. The van der Waals surface area contributed by atoms with E-state index in [9.17, 15) is 4.79 Å². The maximum Gasteiger partial charge on any atom is 0.261 e. The number of benzene rings is 1. The van der Waals surface area contributed by atoms with Crippen LogP contribution >= 0.6 is 0 Å². The van der Waals surface area contributed by atoms with Crippen LogP contribution in [0.2, 0.25) is 0 Å². The lowest BCUT2D eigenvalue weighted by Crippen LogP contribution is -2.23. The van der Waals surface area contributed by atoms with E-state index in [4.69, 9.17) is 14.5 Å². The predicted molar refractivity (Wildman–Crippen MR) is 136 cm³/mol. The fourth-order valence-corrected chi connectivity index (χ4v) is 3.75. The Hall–Kier alpha value is -4.00. The Morgan fingerprint density at radius 1 is 0.943 bits per heavy atom. The maximum atomic E-state index is 13.4. The molecule has 0 saturated carbocycles. The molecule has 0 fully saturated rings. The van der Waals surface area contributed by atoms with E-state index < -0.39 is 0 Å². The molecule has 1 aromatic carbocycles. The van der Waals surface area contributed by atoms with E-state index in [2.05, 4.69) is 30.7 Å². The SMILES string of the molecule is COc1cccc(COc2cc(C)n(-c3ccnc(-c4ccnc(C(C)(C)C)n4)c3)c(=O)c2C)c1. The Morgan fingerprint density at radius 2 is 1.71 bits per heavy atom. The zero-order valence-electron chi connectivity index (χ0n) is 21.0. The third kappa shape index (κ3) is 5.24. The van der Waals surface area contributed by atoms with Gasteiger partial charge in [-0.25, -0.2) is 9.97 Å². The molecule has 4 aromatic rings. The second-order valence-corrected chi connectivity index (χ2v) is 9.47. The monoisotopic (exact) mass is 470 g/mol. The van der Waals surface area contributed by atoms with Crippen LogP contribution < -0.4 is 15.0 Å². The van der Waals surface area contributed by atoms with Crippen molar-refractivity contribution in [1.29, 1.82) is 0 Å². The topological polar surface area (TPSA) is 79.1 Å². The van der Waals surface area contributed by atoms with E-state index in [0.717, 1.165) is 28.5 Å². The molecule has 0 bridgehead atoms. The van der Waals surface area contributed by atoms with Crippen molar-refractivity contribution in [3.8, 4) is 28.6 Å². The van der Waals surface area contributed by atoms with Crippen molar-refractivity contribution in [3.63, 3.8) is 0 Å². The van der Waals surface area contributed by atoms with Gasteiger partial charge in [-0.2, -0.15) is 0 Å². The minimum atomic E-state index is -0.182. The molecule has 7 nitrogen and oxygen atoms in total. The molecule has 3 aromatic heterocycles. The number of rotatable bonds is 6. The summed E-state index contributed by atoms with van der Waals surface area (Å²) in [6, 6.07) is 15.1. The molecule has 0 saturated heterocycles. The first-order valence-electron chi connectivity index (χ1n) is 11.5. The standard InChI is InChI=1S/C28H30N4O3/c1-18-14-25(35-17-20-8-7-9-22(15-20)34-6)19(2)26(33)32(18)21-10-12-29-24(16-21)23-11-13-30-27(31-23)28(3,4)5/h7-16H,17H2,1-6H3. The first-order valence-corrected chi connectivity index (χ1v) is 11.5. The van der Waals surface area contributed by atoms with E-state index in [0.29, 0.717) is 29.3 Å². The molecule has 0 N–H and O–H groups in total. The number of nitrogens with zero attached hydrogens (tertiary/aromatic N) is 4. The average molecular weight is 471 g/mol. The third-order valence-corrected chi connectivity index (χ3v) is 5.71. The van der Waals surface area contributed by atoms with Crippen LogP contribution in [0.4, 0.5) is 0 Å². The van der Waals surface area contributed by atoms with E-state index in [1.54, 1.807) is 31.0 Å². The van der Waals surface area contributed by atoms with Gasteiger partial charge in [0.05, 0.1) is 29.7 Å². The molecule has 4 rings (SSSR count). The Morgan fingerprint density at radius 3 is 2.46 bits per heavy atom. The molecule has 0 aliphatic rings. The van der Waals surface area contributed by atoms with E-state index >= 15 is 0 Å². The highest BCUT2D eigenvalue weighted by Crippen LogP contribution is 2.24. The molecule has 0 radical (unpaired) electrons. The van der Waals surface area contributed by atoms with Gasteiger partial charge in [0.15, 0.2) is 0 Å². The second kappa shape index (κ2) is 9.70. The molecule has 0 amide bonds. The van der Waals surface area contributed by atoms with Gasteiger partial charge in [-0.3, -0.25) is 14.3 Å². The van der Waals surface area contributed by atoms with Crippen LogP contribution in [0.25, 0.3) is 17.1 Å². The lowest BCUT2D eigenvalue weighted by Gasteiger charge is -2.17. The Balaban J connectivity index is 1.66. The second-order valence-electron chi connectivity index (χ2n) is 9.47. The lowest BCUT2D eigenvalue weighted by molar-refractivity contribution is 0.301. The molecular weight excluding hydrogens is 440 g/mol. The number of pyridine rings is 2. The average Bonchev–Trinajstić information content (AvgIpc) is 2.85. The van der Waals surface area contributed by atoms with Gasteiger partial charge in [0.2, 0.25) is 0 Å². The Kier molecular flexibility index (Phi) is 6.69. The molecule has 0 atom stereocenters. The van der Waals surface area contributed by atoms with Gasteiger partial charge in [-0.05, 0) is 49.7 Å². The number of hydrogen-bond donors (Lipinski definition) is 0. The molecule has 0 aliphatic heterocycles. The summed E-state index contributed by atoms with van der Waals surface area (Å²) in [6.07, 6.45) is 3.44. The van der Waals surface area contributed by atoms with Gasteiger partial charge in [-0.15, -0.1) is 0 Å². The highest BCUT2D eigenvalue weighted by Gasteiger charge is 2.19. The van der Waals surface area contributed by atoms with Crippen molar-refractivity contribution >= 4 is 0 Å². The number of ether oxygens (including phenoxy) is 2. The van der Waals surface area contributed by atoms with Gasteiger partial charge < -0.3 is 9.47 Å². The lowest BCUT2D eigenvalue weighted by atomic mass is 9.95. The summed E-state index contributed by atoms with van der Waals surface area (Å²) in [5.74, 6) is 2.07. The quantitative estimate of drug-likeness (QED) is 0.386. The van der Waals surface area contributed by atoms with Gasteiger partial charge in [-0.1, -0.05) is 32.9 Å². The van der Waals surface area contributed by atoms with Crippen molar-refractivity contribution in [2.45, 2.75) is 46.6 Å². The molecule has 180 valence electrons. The van der Waals surface area contributed by atoms with Crippen LogP contribution in [0, 0.1) is 13.8 Å².